The Morgan fingerprint density at radius 1 is 1.00 bits per heavy atom. The molecular weight excluding hydrogens is 180 g/mol. The minimum atomic E-state index is -0.205. The minimum absolute atomic E-state index is 0.0394. The topological polar surface area (TPSA) is 63.4 Å². The van der Waals surface area contributed by atoms with E-state index in [4.69, 9.17) is 5.84 Å². The third kappa shape index (κ3) is 1.54. The molecule has 0 aromatic heterocycles. The highest BCUT2D eigenvalue weighted by molar-refractivity contribution is 5.97. The first-order valence-corrected chi connectivity index (χ1v) is 5.23. The molecule has 2 rings (SSSR count). The molecule has 1 aliphatic carbocycles. The summed E-state index contributed by atoms with van der Waals surface area (Å²) in [6, 6.07) is 0. The first kappa shape index (κ1) is 9.65. The lowest BCUT2D eigenvalue weighted by molar-refractivity contribution is -0.155. The summed E-state index contributed by atoms with van der Waals surface area (Å²) >= 11 is 0. The van der Waals surface area contributed by atoms with E-state index >= 15 is 0 Å². The van der Waals surface area contributed by atoms with E-state index in [1.807, 2.05) is 0 Å². The second-order valence-corrected chi connectivity index (χ2v) is 4.57. The average Bonchev–Trinajstić information content (AvgIpc) is 2.15. The smallest absolute Gasteiger partial charge is 0.244 e. The highest BCUT2D eigenvalue weighted by atomic mass is 16.2. The van der Waals surface area contributed by atoms with Gasteiger partial charge in [-0.15, -0.1) is 0 Å². The molecule has 0 atom stereocenters. The van der Waals surface area contributed by atoms with Gasteiger partial charge in [0.1, 0.15) is 0 Å². The van der Waals surface area contributed by atoms with Crippen LogP contribution in [0.3, 0.4) is 0 Å². The molecule has 4 heteroatoms. The van der Waals surface area contributed by atoms with Gasteiger partial charge in [0.25, 0.3) is 0 Å². The number of hydrogen-bond acceptors (Lipinski definition) is 3. The van der Waals surface area contributed by atoms with Crippen molar-refractivity contribution in [3.8, 4) is 0 Å². The van der Waals surface area contributed by atoms with Gasteiger partial charge in [0, 0.05) is 12.8 Å². The Kier molecular flexibility index (Phi) is 2.31. The fourth-order valence-corrected chi connectivity index (χ4v) is 2.67. The minimum Gasteiger partial charge on any atom is -0.273 e. The Morgan fingerprint density at radius 3 is 2.00 bits per heavy atom. The number of rotatable bonds is 0. The van der Waals surface area contributed by atoms with Crippen LogP contribution in [0, 0.1) is 5.41 Å². The molecule has 2 amide bonds. The van der Waals surface area contributed by atoms with Crippen molar-refractivity contribution < 1.29 is 9.59 Å². The second-order valence-electron chi connectivity index (χ2n) is 4.57. The first-order valence-electron chi connectivity index (χ1n) is 5.23. The molecule has 4 nitrogen and oxygen atoms in total. The van der Waals surface area contributed by atoms with E-state index in [-0.39, 0.29) is 17.2 Å². The van der Waals surface area contributed by atoms with Crippen LogP contribution in [0.25, 0.3) is 0 Å². The SMILES string of the molecule is NN1C(=O)CC2(CCCCC2)CC1=O. The predicted molar refractivity (Wildman–Crippen MR) is 50.8 cm³/mol. The van der Waals surface area contributed by atoms with Crippen molar-refractivity contribution in [2.45, 2.75) is 44.9 Å². The van der Waals surface area contributed by atoms with Crippen LogP contribution in [0.15, 0.2) is 0 Å². The monoisotopic (exact) mass is 196 g/mol. The zero-order valence-electron chi connectivity index (χ0n) is 8.29. The van der Waals surface area contributed by atoms with Crippen LogP contribution in [-0.2, 0) is 9.59 Å². The number of carbonyl (C=O) groups is 2. The van der Waals surface area contributed by atoms with Gasteiger partial charge in [-0.2, -0.15) is 0 Å². The lowest BCUT2D eigenvalue weighted by atomic mass is 9.68. The van der Waals surface area contributed by atoms with Crippen LogP contribution >= 0.6 is 0 Å². The Balaban J connectivity index is 2.14. The van der Waals surface area contributed by atoms with Crippen LogP contribution in [0.4, 0.5) is 0 Å². The Hall–Kier alpha value is -0.900. The highest BCUT2D eigenvalue weighted by Gasteiger charge is 2.43. The lowest BCUT2D eigenvalue weighted by Crippen LogP contribution is -2.51. The molecule has 0 bridgehead atoms. The van der Waals surface area contributed by atoms with Gasteiger partial charge in [0.15, 0.2) is 0 Å². The number of piperidine rings is 1. The summed E-state index contributed by atoms with van der Waals surface area (Å²) in [5, 5.41) is 0.792. The summed E-state index contributed by atoms with van der Waals surface area (Å²) in [7, 11) is 0. The molecule has 2 fully saturated rings. The molecule has 78 valence electrons. The standard InChI is InChI=1S/C10H16N2O2/c11-12-8(13)6-10(7-9(12)14)4-2-1-3-5-10/h1-7,11H2. The molecule has 1 aliphatic heterocycles. The molecule has 1 saturated heterocycles. The van der Waals surface area contributed by atoms with Gasteiger partial charge >= 0.3 is 0 Å². The summed E-state index contributed by atoms with van der Waals surface area (Å²) in [6.07, 6.45) is 6.48. The van der Waals surface area contributed by atoms with Gasteiger partial charge < -0.3 is 0 Å². The number of hydrazine groups is 1. The zero-order valence-corrected chi connectivity index (χ0v) is 8.29. The van der Waals surface area contributed by atoms with Crippen molar-refractivity contribution in [2.75, 3.05) is 0 Å². The number of hydrogen-bond donors (Lipinski definition) is 1. The van der Waals surface area contributed by atoms with E-state index in [1.54, 1.807) is 0 Å². The van der Waals surface area contributed by atoms with E-state index in [1.165, 1.54) is 6.42 Å². The average molecular weight is 196 g/mol. The first-order chi connectivity index (χ1) is 6.63. The molecule has 1 heterocycles. The van der Waals surface area contributed by atoms with Crippen LogP contribution in [0.5, 0.6) is 0 Å². The number of carbonyl (C=O) groups excluding carboxylic acids is 2. The summed E-state index contributed by atoms with van der Waals surface area (Å²) in [4.78, 5) is 22.9. The molecule has 1 saturated carbocycles. The van der Waals surface area contributed by atoms with Crippen LogP contribution in [0.2, 0.25) is 0 Å². The number of nitrogens with zero attached hydrogens (tertiary/aromatic N) is 1. The van der Waals surface area contributed by atoms with E-state index in [0.717, 1.165) is 30.7 Å². The Labute approximate surface area is 83.4 Å². The third-order valence-electron chi connectivity index (χ3n) is 3.50. The summed E-state index contributed by atoms with van der Waals surface area (Å²) in [5.41, 5.74) is -0.0394. The number of nitrogens with two attached hydrogens (primary N) is 1. The largest absolute Gasteiger partial charge is 0.273 e. The maximum atomic E-state index is 11.5. The molecule has 2 aliphatic rings. The van der Waals surface area contributed by atoms with Gasteiger partial charge in [0.05, 0.1) is 0 Å². The van der Waals surface area contributed by atoms with Crippen molar-refractivity contribution >= 4 is 11.8 Å². The predicted octanol–water partition coefficient (Wildman–Crippen LogP) is 0.960. The van der Waals surface area contributed by atoms with E-state index in [9.17, 15) is 9.59 Å². The molecule has 0 aromatic carbocycles. The Bertz CT molecular complexity index is 249. The van der Waals surface area contributed by atoms with Gasteiger partial charge in [-0.25, -0.2) is 10.9 Å². The molecule has 0 radical (unpaired) electrons. The molecule has 0 aromatic rings. The maximum absolute atomic E-state index is 11.5. The quantitative estimate of drug-likeness (QED) is 0.356. The Morgan fingerprint density at radius 2 is 1.50 bits per heavy atom. The summed E-state index contributed by atoms with van der Waals surface area (Å²) in [5.74, 6) is 4.94. The van der Waals surface area contributed by atoms with Crippen molar-refractivity contribution in [3.05, 3.63) is 0 Å². The molecular formula is C10H16N2O2. The van der Waals surface area contributed by atoms with Crippen molar-refractivity contribution in [1.82, 2.24) is 5.01 Å². The number of amides is 2. The van der Waals surface area contributed by atoms with E-state index in [0.29, 0.717) is 12.8 Å². The zero-order chi connectivity index (χ0) is 10.2. The highest BCUT2D eigenvalue weighted by Crippen LogP contribution is 2.44. The van der Waals surface area contributed by atoms with Gasteiger partial charge in [0.2, 0.25) is 11.8 Å². The maximum Gasteiger partial charge on any atom is 0.244 e. The van der Waals surface area contributed by atoms with Crippen molar-refractivity contribution in [1.29, 1.82) is 0 Å². The summed E-state index contributed by atoms with van der Waals surface area (Å²) in [6.45, 7) is 0. The van der Waals surface area contributed by atoms with Gasteiger partial charge in [-0.05, 0) is 18.3 Å². The van der Waals surface area contributed by atoms with Gasteiger partial charge in [-0.3, -0.25) is 9.59 Å². The second kappa shape index (κ2) is 3.35. The van der Waals surface area contributed by atoms with E-state index in [2.05, 4.69) is 0 Å². The van der Waals surface area contributed by atoms with Crippen molar-refractivity contribution in [3.63, 3.8) is 0 Å². The molecule has 0 unspecified atom stereocenters. The molecule has 1 spiro atoms. The molecule has 14 heavy (non-hydrogen) atoms. The summed E-state index contributed by atoms with van der Waals surface area (Å²) < 4.78 is 0. The van der Waals surface area contributed by atoms with Crippen LogP contribution in [-0.4, -0.2) is 16.8 Å². The van der Waals surface area contributed by atoms with Gasteiger partial charge in [-0.1, -0.05) is 19.3 Å². The lowest BCUT2D eigenvalue weighted by Gasteiger charge is -2.40. The van der Waals surface area contributed by atoms with Crippen molar-refractivity contribution in [2.24, 2.45) is 11.3 Å². The number of imide groups is 1. The fraction of sp³-hybridized carbons (Fsp3) is 0.800. The molecule has 2 N–H and O–H groups in total. The fourth-order valence-electron chi connectivity index (χ4n) is 2.67. The normalized spacial score (nSPS) is 27.1. The van der Waals surface area contributed by atoms with Crippen LogP contribution < -0.4 is 5.84 Å². The van der Waals surface area contributed by atoms with E-state index < -0.39 is 0 Å². The third-order valence-corrected chi connectivity index (χ3v) is 3.50. The van der Waals surface area contributed by atoms with Crippen LogP contribution in [0.1, 0.15) is 44.9 Å².